The predicted octanol–water partition coefficient (Wildman–Crippen LogP) is 3.76. The van der Waals surface area contributed by atoms with E-state index in [1.165, 1.54) is 36.4 Å². The number of halogens is 1. The molecule has 2 N–H and O–H groups in total. The van der Waals surface area contributed by atoms with E-state index in [9.17, 15) is 23.9 Å². The first-order valence-corrected chi connectivity index (χ1v) is 10.3. The summed E-state index contributed by atoms with van der Waals surface area (Å²) < 4.78 is 16.1. The summed E-state index contributed by atoms with van der Waals surface area (Å²) in [5, 5.41) is 11.6. The van der Waals surface area contributed by atoms with E-state index in [1.54, 1.807) is 42.7 Å². The van der Waals surface area contributed by atoms with E-state index in [0.29, 0.717) is 16.9 Å². The molecule has 0 radical (unpaired) electrons. The average molecular weight is 463 g/mol. The number of carboxylic acid groups (broad SMARTS) is 1. The standard InChI is InChI=1S/C24H18FN3O4S/c1-13-10-16(14(2)27(13)20-9-4-3-8-19(20)25)12-18-21(29)26-24(33)28(22(18)30)17-7-5-6-15(11-17)23(31)32/h3-12H,1-2H3,(H,31,32)(H,26,29,33). The van der Waals surface area contributed by atoms with Crippen molar-refractivity contribution in [2.45, 2.75) is 13.8 Å². The molecular formula is C24H18FN3O4S. The van der Waals surface area contributed by atoms with Crippen LogP contribution in [-0.2, 0) is 9.59 Å². The number of carboxylic acids is 1. The summed E-state index contributed by atoms with van der Waals surface area (Å²) in [4.78, 5) is 38.3. The Kier molecular flexibility index (Phi) is 5.65. The molecule has 7 nitrogen and oxygen atoms in total. The van der Waals surface area contributed by atoms with Crippen molar-refractivity contribution in [2.24, 2.45) is 0 Å². The summed E-state index contributed by atoms with van der Waals surface area (Å²) in [6.07, 6.45) is 1.42. The minimum absolute atomic E-state index is 0.0287. The van der Waals surface area contributed by atoms with Gasteiger partial charge in [0.15, 0.2) is 5.11 Å². The highest BCUT2D eigenvalue weighted by Gasteiger charge is 2.35. The van der Waals surface area contributed by atoms with Gasteiger partial charge < -0.3 is 9.67 Å². The summed E-state index contributed by atoms with van der Waals surface area (Å²) in [6, 6.07) is 13.7. The van der Waals surface area contributed by atoms with Crippen LogP contribution in [0.2, 0.25) is 0 Å². The fourth-order valence-corrected chi connectivity index (χ4v) is 4.04. The molecule has 166 valence electrons. The second kappa shape index (κ2) is 8.44. The number of para-hydroxylation sites is 1. The molecule has 0 spiro atoms. The predicted molar refractivity (Wildman–Crippen MR) is 125 cm³/mol. The zero-order valence-corrected chi connectivity index (χ0v) is 18.4. The van der Waals surface area contributed by atoms with Crippen molar-refractivity contribution < 1.29 is 23.9 Å². The lowest BCUT2D eigenvalue weighted by Crippen LogP contribution is -2.54. The van der Waals surface area contributed by atoms with Crippen molar-refractivity contribution >= 4 is 46.9 Å². The van der Waals surface area contributed by atoms with Crippen LogP contribution in [0.15, 0.2) is 60.2 Å². The molecule has 2 aromatic carbocycles. The topological polar surface area (TPSA) is 91.6 Å². The smallest absolute Gasteiger partial charge is 0.335 e. The maximum Gasteiger partial charge on any atom is 0.335 e. The van der Waals surface area contributed by atoms with E-state index in [0.717, 1.165) is 10.6 Å². The van der Waals surface area contributed by atoms with Gasteiger partial charge >= 0.3 is 5.97 Å². The van der Waals surface area contributed by atoms with E-state index in [-0.39, 0.29) is 21.9 Å². The van der Waals surface area contributed by atoms with E-state index >= 15 is 0 Å². The Morgan fingerprint density at radius 3 is 2.52 bits per heavy atom. The number of aromatic nitrogens is 1. The maximum atomic E-state index is 14.4. The van der Waals surface area contributed by atoms with Gasteiger partial charge in [0.2, 0.25) is 0 Å². The molecule has 4 rings (SSSR count). The number of anilines is 1. The molecule has 0 unspecified atom stereocenters. The van der Waals surface area contributed by atoms with Crippen LogP contribution in [0.25, 0.3) is 11.8 Å². The average Bonchev–Trinajstić information content (AvgIpc) is 3.04. The van der Waals surface area contributed by atoms with Crippen molar-refractivity contribution in [3.05, 3.63) is 88.5 Å². The Labute approximate surface area is 193 Å². The molecule has 33 heavy (non-hydrogen) atoms. The second-order valence-corrected chi connectivity index (χ2v) is 7.81. The molecule has 1 saturated heterocycles. The highest BCUT2D eigenvalue weighted by Crippen LogP contribution is 2.27. The van der Waals surface area contributed by atoms with Crippen LogP contribution in [0.3, 0.4) is 0 Å². The number of hydrogen-bond acceptors (Lipinski definition) is 4. The first-order valence-electron chi connectivity index (χ1n) is 9.87. The monoisotopic (exact) mass is 463 g/mol. The number of nitrogens with one attached hydrogen (secondary N) is 1. The number of hydrogen-bond donors (Lipinski definition) is 2. The zero-order valence-electron chi connectivity index (χ0n) is 17.6. The molecule has 0 aliphatic carbocycles. The minimum Gasteiger partial charge on any atom is -0.478 e. The van der Waals surface area contributed by atoms with Crippen LogP contribution in [0.4, 0.5) is 10.1 Å². The SMILES string of the molecule is Cc1cc(C=C2C(=O)NC(=S)N(c3cccc(C(=O)O)c3)C2=O)c(C)n1-c1ccccc1F. The third kappa shape index (κ3) is 3.94. The van der Waals surface area contributed by atoms with Crippen LogP contribution in [-0.4, -0.2) is 32.6 Å². The minimum atomic E-state index is -1.16. The Bertz CT molecular complexity index is 1380. The largest absolute Gasteiger partial charge is 0.478 e. The van der Waals surface area contributed by atoms with Gasteiger partial charge in [-0.2, -0.15) is 0 Å². The summed E-state index contributed by atoms with van der Waals surface area (Å²) in [6.45, 7) is 3.55. The lowest BCUT2D eigenvalue weighted by Gasteiger charge is -2.29. The van der Waals surface area contributed by atoms with Gasteiger partial charge in [-0.1, -0.05) is 18.2 Å². The molecule has 1 aliphatic heterocycles. The quantitative estimate of drug-likeness (QED) is 0.349. The number of amides is 2. The molecule has 1 aliphatic rings. The van der Waals surface area contributed by atoms with Gasteiger partial charge in [-0.05, 0) is 74.1 Å². The number of aromatic carboxylic acids is 1. The Morgan fingerprint density at radius 2 is 1.82 bits per heavy atom. The van der Waals surface area contributed by atoms with Crippen LogP contribution < -0.4 is 10.2 Å². The Hall–Kier alpha value is -4.11. The van der Waals surface area contributed by atoms with Gasteiger partial charge in [0.1, 0.15) is 11.4 Å². The first-order chi connectivity index (χ1) is 15.7. The maximum absolute atomic E-state index is 14.4. The summed E-state index contributed by atoms with van der Waals surface area (Å²) in [5.41, 5.74) is 2.27. The number of thiocarbonyl (C=S) groups is 1. The molecule has 3 aromatic rings. The molecule has 1 fully saturated rings. The van der Waals surface area contributed by atoms with Crippen molar-refractivity contribution in [3.63, 3.8) is 0 Å². The second-order valence-electron chi connectivity index (χ2n) is 7.43. The third-order valence-corrected chi connectivity index (χ3v) is 5.60. The van der Waals surface area contributed by atoms with Crippen molar-refractivity contribution in [2.75, 3.05) is 4.90 Å². The van der Waals surface area contributed by atoms with Gasteiger partial charge in [-0.25, -0.2) is 9.18 Å². The van der Waals surface area contributed by atoms with Crippen LogP contribution in [0.5, 0.6) is 0 Å². The normalized spacial score (nSPS) is 15.2. The zero-order chi connectivity index (χ0) is 23.9. The summed E-state index contributed by atoms with van der Waals surface area (Å²) >= 11 is 5.17. The van der Waals surface area contributed by atoms with Crippen molar-refractivity contribution in [3.8, 4) is 5.69 Å². The van der Waals surface area contributed by atoms with Crippen LogP contribution in [0, 0.1) is 19.7 Å². The van der Waals surface area contributed by atoms with Gasteiger partial charge in [0.25, 0.3) is 11.8 Å². The summed E-state index contributed by atoms with van der Waals surface area (Å²) in [7, 11) is 0. The lowest BCUT2D eigenvalue weighted by atomic mass is 10.1. The van der Waals surface area contributed by atoms with E-state index in [2.05, 4.69) is 5.32 Å². The highest BCUT2D eigenvalue weighted by molar-refractivity contribution is 7.80. The molecule has 1 aromatic heterocycles. The fraction of sp³-hybridized carbons (Fsp3) is 0.0833. The van der Waals surface area contributed by atoms with Gasteiger partial charge in [0, 0.05) is 11.4 Å². The number of carbonyl (C=O) groups excluding carboxylic acids is 2. The van der Waals surface area contributed by atoms with E-state index in [1.807, 2.05) is 0 Å². The van der Waals surface area contributed by atoms with E-state index < -0.39 is 23.6 Å². The molecule has 2 heterocycles. The number of benzene rings is 2. The molecular weight excluding hydrogens is 445 g/mol. The molecule has 0 bridgehead atoms. The van der Waals surface area contributed by atoms with E-state index in [4.69, 9.17) is 12.2 Å². The number of aryl methyl sites for hydroxylation is 1. The Morgan fingerprint density at radius 1 is 1.09 bits per heavy atom. The summed E-state index contributed by atoms with van der Waals surface area (Å²) in [5.74, 6) is -2.93. The van der Waals surface area contributed by atoms with Gasteiger partial charge in [-0.3, -0.25) is 19.8 Å². The van der Waals surface area contributed by atoms with Crippen molar-refractivity contribution in [1.82, 2.24) is 9.88 Å². The Balaban J connectivity index is 1.78. The number of nitrogens with zero attached hydrogens (tertiary/aromatic N) is 2. The first kappa shape index (κ1) is 22.1. The lowest BCUT2D eigenvalue weighted by molar-refractivity contribution is -0.122. The third-order valence-electron chi connectivity index (χ3n) is 5.32. The number of carbonyl (C=O) groups is 3. The number of rotatable bonds is 4. The van der Waals surface area contributed by atoms with Gasteiger partial charge in [-0.15, -0.1) is 0 Å². The van der Waals surface area contributed by atoms with Gasteiger partial charge in [0.05, 0.1) is 16.9 Å². The molecule has 0 atom stereocenters. The van der Waals surface area contributed by atoms with Crippen molar-refractivity contribution in [1.29, 1.82) is 0 Å². The van der Waals surface area contributed by atoms with Crippen LogP contribution in [0.1, 0.15) is 27.3 Å². The van der Waals surface area contributed by atoms with Crippen LogP contribution >= 0.6 is 12.2 Å². The molecule has 2 amide bonds. The highest BCUT2D eigenvalue weighted by atomic mass is 32.1. The molecule has 0 saturated carbocycles. The fourth-order valence-electron chi connectivity index (χ4n) is 3.76. The molecule has 9 heteroatoms.